The van der Waals surface area contributed by atoms with Crippen LogP contribution in [-0.2, 0) is 9.53 Å². The molecular weight excluding hydrogens is 236 g/mol. The van der Waals surface area contributed by atoms with Gasteiger partial charge in [0.15, 0.2) is 0 Å². The molecule has 0 radical (unpaired) electrons. The van der Waals surface area contributed by atoms with Gasteiger partial charge in [0.2, 0.25) is 0 Å². The van der Waals surface area contributed by atoms with Crippen molar-refractivity contribution in [2.45, 2.75) is 59.5 Å². The van der Waals surface area contributed by atoms with Gasteiger partial charge in [-0.05, 0) is 53.4 Å². The molecule has 0 heterocycles. The highest BCUT2D eigenvalue weighted by Crippen LogP contribution is 2.73. The van der Waals surface area contributed by atoms with Gasteiger partial charge in [0, 0.05) is 6.92 Å². The van der Waals surface area contributed by atoms with Crippen LogP contribution in [-0.4, -0.2) is 12.1 Å². The molecule has 106 valence electrons. The first-order valence-corrected chi connectivity index (χ1v) is 7.63. The van der Waals surface area contributed by atoms with E-state index in [1.165, 1.54) is 31.8 Å². The van der Waals surface area contributed by atoms with Gasteiger partial charge < -0.3 is 4.74 Å². The lowest BCUT2D eigenvalue weighted by Gasteiger charge is -2.68. The topological polar surface area (TPSA) is 26.3 Å². The minimum Gasteiger partial charge on any atom is -0.458 e. The Hall–Kier alpha value is -0.790. The van der Waals surface area contributed by atoms with Crippen LogP contribution in [0.4, 0.5) is 0 Å². The van der Waals surface area contributed by atoms with E-state index in [1.54, 1.807) is 0 Å². The number of carbonyl (C=O) groups excluding carboxylic acids is 1. The summed E-state index contributed by atoms with van der Waals surface area (Å²) in [5, 5.41) is 0. The van der Waals surface area contributed by atoms with E-state index >= 15 is 0 Å². The molecule has 4 aliphatic rings. The number of hydrogen-bond donors (Lipinski definition) is 0. The minimum atomic E-state index is -0.167. The molecule has 0 amide bonds. The van der Waals surface area contributed by atoms with Crippen molar-refractivity contribution in [3.63, 3.8) is 0 Å². The van der Waals surface area contributed by atoms with Crippen LogP contribution >= 0.6 is 0 Å². The predicted octanol–water partition coefficient (Wildman–Crippen LogP) is 3.96. The summed E-state index contributed by atoms with van der Waals surface area (Å²) >= 11 is 0. The van der Waals surface area contributed by atoms with E-state index in [0.29, 0.717) is 22.7 Å². The van der Waals surface area contributed by atoms with Crippen molar-refractivity contribution in [3.8, 4) is 0 Å². The second-order valence-electron chi connectivity index (χ2n) is 7.87. The van der Waals surface area contributed by atoms with Crippen LogP contribution in [0.5, 0.6) is 0 Å². The average molecular weight is 262 g/mol. The van der Waals surface area contributed by atoms with E-state index in [1.807, 2.05) is 0 Å². The summed E-state index contributed by atoms with van der Waals surface area (Å²) in [6.45, 7) is 13.1. The Morgan fingerprint density at radius 1 is 1.32 bits per heavy atom. The zero-order valence-corrected chi connectivity index (χ0v) is 12.7. The Kier molecular flexibility index (Phi) is 2.69. The SMILES string of the molecule is C=C1[C@@H](OC(C)=O)C[C@H]2[C@H]3[C@@H]1[C@]2(C)CCCC3(C)C. The molecular formula is C17H26O2. The molecule has 4 aliphatic carbocycles. The second-order valence-corrected chi connectivity index (χ2v) is 7.87. The summed E-state index contributed by atoms with van der Waals surface area (Å²) in [4.78, 5) is 11.2. The highest BCUT2D eigenvalue weighted by molar-refractivity contribution is 5.66. The lowest BCUT2D eigenvalue weighted by Crippen LogP contribution is -2.64. The van der Waals surface area contributed by atoms with Crippen LogP contribution in [0.3, 0.4) is 0 Å². The first kappa shape index (κ1) is 13.2. The summed E-state index contributed by atoms with van der Waals surface area (Å²) in [7, 11) is 0. The molecule has 0 N–H and O–H groups in total. The van der Waals surface area contributed by atoms with E-state index in [4.69, 9.17) is 4.74 Å². The fourth-order valence-corrected chi connectivity index (χ4v) is 5.57. The molecule has 2 heteroatoms. The molecule has 4 bridgehead atoms. The lowest BCUT2D eigenvalue weighted by atomic mass is 9.37. The van der Waals surface area contributed by atoms with Gasteiger partial charge in [-0.3, -0.25) is 4.79 Å². The fraction of sp³-hybridized carbons (Fsp3) is 0.824. The van der Waals surface area contributed by atoms with Crippen molar-refractivity contribution < 1.29 is 9.53 Å². The molecule has 0 aromatic carbocycles. The number of hydrogen-bond acceptors (Lipinski definition) is 2. The molecule has 0 unspecified atom stereocenters. The minimum absolute atomic E-state index is 0.0225. The van der Waals surface area contributed by atoms with E-state index < -0.39 is 0 Å². The predicted molar refractivity (Wildman–Crippen MR) is 75.5 cm³/mol. The Balaban J connectivity index is 1.91. The molecule has 4 saturated carbocycles. The van der Waals surface area contributed by atoms with Crippen molar-refractivity contribution in [2.75, 3.05) is 0 Å². The number of fused-ring (bicyclic) bond motifs is 2. The number of rotatable bonds is 1. The summed E-state index contributed by atoms with van der Waals surface area (Å²) in [5.41, 5.74) is 2.03. The van der Waals surface area contributed by atoms with Crippen LogP contribution in [0.2, 0.25) is 0 Å². The summed E-state index contributed by atoms with van der Waals surface area (Å²) in [6, 6.07) is 0. The van der Waals surface area contributed by atoms with E-state index in [2.05, 4.69) is 27.4 Å². The van der Waals surface area contributed by atoms with E-state index in [0.717, 1.165) is 12.3 Å². The fourth-order valence-electron chi connectivity index (χ4n) is 5.57. The maximum absolute atomic E-state index is 11.2. The number of carbonyl (C=O) groups is 1. The number of esters is 1. The van der Waals surface area contributed by atoms with Gasteiger partial charge in [0.1, 0.15) is 6.10 Å². The highest BCUT2D eigenvalue weighted by Gasteiger charge is 2.68. The summed E-state index contributed by atoms with van der Waals surface area (Å²) in [6.07, 6.45) is 4.95. The molecule has 0 aromatic heterocycles. The van der Waals surface area contributed by atoms with Gasteiger partial charge >= 0.3 is 5.97 Å². The molecule has 4 fully saturated rings. The van der Waals surface area contributed by atoms with Gasteiger partial charge in [-0.2, -0.15) is 0 Å². The van der Waals surface area contributed by atoms with Crippen molar-refractivity contribution in [1.82, 2.24) is 0 Å². The standard InChI is InChI=1S/C17H26O2/c1-10-13(19-11(2)18)9-12-15-14(10)17(12,5)8-6-7-16(15,3)4/h12-15H,1,6-9H2,2-5H3/t12-,13-,14+,15-,17+/m0/s1. The lowest BCUT2D eigenvalue weighted by molar-refractivity contribution is -0.188. The summed E-state index contributed by atoms with van der Waals surface area (Å²) in [5.74, 6) is 1.86. The van der Waals surface area contributed by atoms with Crippen molar-refractivity contribution in [2.24, 2.45) is 28.6 Å². The van der Waals surface area contributed by atoms with Crippen molar-refractivity contribution in [1.29, 1.82) is 0 Å². The van der Waals surface area contributed by atoms with Crippen molar-refractivity contribution >= 4 is 5.97 Å². The number of ether oxygens (including phenoxy) is 1. The van der Waals surface area contributed by atoms with Crippen LogP contribution in [0.15, 0.2) is 12.2 Å². The molecule has 0 aromatic rings. The van der Waals surface area contributed by atoms with Crippen molar-refractivity contribution in [3.05, 3.63) is 12.2 Å². The van der Waals surface area contributed by atoms with Crippen LogP contribution in [0, 0.1) is 28.6 Å². The third kappa shape index (κ3) is 1.64. The monoisotopic (exact) mass is 262 g/mol. The quantitative estimate of drug-likeness (QED) is 0.528. The molecule has 2 nitrogen and oxygen atoms in total. The molecule has 0 spiro atoms. The molecule has 19 heavy (non-hydrogen) atoms. The van der Waals surface area contributed by atoms with Crippen LogP contribution in [0.25, 0.3) is 0 Å². The Labute approximate surface area is 116 Å². The van der Waals surface area contributed by atoms with Gasteiger partial charge in [-0.15, -0.1) is 0 Å². The normalized spacial score (nSPS) is 47.1. The molecule has 5 atom stereocenters. The maximum atomic E-state index is 11.2. The first-order chi connectivity index (χ1) is 8.77. The smallest absolute Gasteiger partial charge is 0.303 e. The van der Waals surface area contributed by atoms with Gasteiger partial charge in [-0.25, -0.2) is 0 Å². The van der Waals surface area contributed by atoms with E-state index in [-0.39, 0.29) is 12.1 Å². The third-order valence-electron chi connectivity index (χ3n) is 6.38. The molecule has 0 aliphatic heterocycles. The molecule has 4 rings (SSSR count). The Bertz CT molecular complexity index is 437. The van der Waals surface area contributed by atoms with Crippen LogP contribution < -0.4 is 0 Å². The maximum Gasteiger partial charge on any atom is 0.303 e. The van der Waals surface area contributed by atoms with Gasteiger partial charge in [0.25, 0.3) is 0 Å². The zero-order valence-electron chi connectivity index (χ0n) is 12.7. The highest BCUT2D eigenvalue weighted by atomic mass is 16.5. The average Bonchev–Trinajstić information content (AvgIpc) is 2.44. The third-order valence-corrected chi connectivity index (χ3v) is 6.38. The largest absolute Gasteiger partial charge is 0.458 e. The van der Waals surface area contributed by atoms with Gasteiger partial charge in [0.05, 0.1) is 0 Å². The zero-order chi connectivity index (χ0) is 14.0. The second kappa shape index (κ2) is 3.86. The van der Waals surface area contributed by atoms with Gasteiger partial charge in [-0.1, -0.05) is 33.8 Å². The molecule has 0 saturated heterocycles. The Morgan fingerprint density at radius 3 is 2.58 bits per heavy atom. The van der Waals surface area contributed by atoms with Crippen LogP contribution in [0.1, 0.15) is 53.4 Å². The van der Waals surface area contributed by atoms with E-state index in [9.17, 15) is 4.79 Å². The Morgan fingerprint density at radius 2 is 2.00 bits per heavy atom. The summed E-state index contributed by atoms with van der Waals surface area (Å²) < 4.78 is 5.49. The first-order valence-electron chi connectivity index (χ1n) is 7.63.